The van der Waals surface area contributed by atoms with Gasteiger partial charge in [0.2, 0.25) is 0 Å². The van der Waals surface area contributed by atoms with E-state index in [1.807, 2.05) is 20.8 Å². The summed E-state index contributed by atoms with van der Waals surface area (Å²) in [6.45, 7) is 13.7. The van der Waals surface area contributed by atoms with Crippen molar-refractivity contribution in [1.29, 1.82) is 0 Å². The fourth-order valence-corrected chi connectivity index (χ4v) is 2.47. The van der Waals surface area contributed by atoms with Gasteiger partial charge < -0.3 is 15.4 Å². The summed E-state index contributed by atoms with van der Waals surface area (Å²) < 4.78 is 5.40. The zero-order valence-corrected chi connectivity index (χ0v) is 13.3. The molecule has 1 saturated heterocycles. The molecule has 1 amide bonds. The molecular formula is C15H30N2O2. The van der Waals surface area contributed by atoms with Crippen LogP contribution in [0.5, 0.6) is 0 Å². The monoisotopic (exact) mass is 270 g/mol. The van der Waals surface area contributed by atoms with Crippen LogP contribution in [0.3, 0.4) is 0 Å². The summed E-state index contributed by atoms with van der Waals surface area (Å²) in [7, 11) is 0. The van der Waals surface area contributed by atoms with Gasteiger partial charge in [0.1, 0.15) is 5.60 Å². The first kappa shape index (κ1) is 16.3. The average Bonchev–Trinajstić information content (AvgIpc) is 2.24. The van der Waals surface area contributed by atoms with Gasteiger partial charge in [-0.2, -0.15) is 0 Å². The third-order valence-corrected chi connectivity index (χ3v) is 3.70. The Morgan fingerprint density at radius 3 is 2.00 bits per heavy atom. The van der Waals surface area contributed by atoms with Crippen LogP contribution in [0.15, 0.2) is 0 Å². The van der Waals surface area contributed by atoms with Crippen molar-refractivity contribution in [2.45, 2.75) is 66.0 Å². The number of nitrogens with two attached hydrogens (primary N) is 1. The van der Waals surface area contributed by atoms with Gasteiger partial charge in [-0.15, -0.1) is 0 Å². The highest BCUT2D eigenvalue weighted by Crippen LogP contribution is 2.30. The number of carbonyl (C=O) groups is 1. The Balaban J connectivity index is 2.47. The quantitative estimate of drug-likeness (QED) is 0.797. The van der Waals surface area contributed by atoms with Crippen molar-refractivity contribution in [2.24, 2.45) is 17.1 Å². The number of nitrogens with zero attached hydrogens (tertiary/aromatic N) is 1. The molecule has 4 heteroatoms. The highest BCUT2D eigenvalue weighted by atomic mass is 16.6. The standard InChI is InChI=1S/C15H30N2O2/c1-14(2,3)12(16)11-7-9-17(10-8-11)13(18)19-15(4,5)6/h11-12H,7-10,16H2,1-6H3/t12-/m0/s1. The van der Waals surface area contributed by atoms with Gasteiger partial charge in [0.25, 0.3) is 0 Å². The molecule has 1 rings (SSSR count). The van der Waals surface area contributed by atoms with E-state index in [-0.39, 0.29) is 17.6 Å². The Bertz CT molecular complexity index is 307. The van der Waals surface area contributed by atoms with Gasteiger partial charge in [-0.25, -0.2) is 4.79 Å². The first-order valence-electron chi connectivity index (χ1n) is 7.24. The molecule has 0 aromatic heterocycles. The lowest BCUT2D eigenvalue weighted by molar-refractivity contribution is 0.0156. The highest BCUT2D eigenvalue weighted by molar-refractivity contribution is 5.68. The average molecular weight is 270 g/mol. The van der Waals surface area contributed by atoms with Crippen LogP contribution in [-0.4, -0.2) is 35.7 Å². The van der Waals surface area contributed by atoms with Crippen LogP contribution in [0.4, 0.5) is 4.79 Å². The molecule has 112 valence electrons. The fraction of sp³-hybridized carbons (Fsp3) is 0.933. The molecule has 0 aromatic carbocycles. The van der Waals surface area contributed by atoms with Gasteiger partial charge in [-0.1, -0.05) is 20.8 Å². The SMILES string of the molecule is CC(C)(C)OC(=O)N1CCC([C@H](N)C(C)(C)C)CC1. The lowest BCUT2D eigenvalue weighted by Crippen LogP contribution is -2.48. The minimum absolute atomic E-state index is 0.124. The van der Waals surface area contributed by atoms with E-state index >= 15 is 0 Å². The van der Waals surface area contributed by atoms with Crippen LogP contribution in [-0.2, 0) is 4.74 Å². The summed E-state index contributed by atoms with van der Waals surface area (Å²) in [4.78, 5) is 13.8. The summed E-state index contributed by atoms with van der Waals surface area (Å²) in [5, 5.41) is 0. The lowest BCUT2D eigenvalue weighted by Gasteiger charge is -2.40. The minimum atomic E-state index is -0.421. The van der Waals surface area contributed by atoms with E-state index in [1.165, 1.54) is 0 Å². The van der Waals surface area contributed by atoms with Crippen molar-refractivity contribution < 1.29 is 9.53 Å². The number of rotatable bonds is 1. The maximum absolute atomic E-state index is 12.0. The molecule has 1 aliphatic rings. The molecule has 0 saturated carbocycles. The summed E-state index contributed by atoms with van der Waals surface area (Å²) in [5.74, 6) is 0.499. The van der Waals surface area contributed by atoms with Gasteiger partial charge >= 0.3 is 6.09 Å². The van der Waals surface area contributed by atoms with Gasteiger partial charge in [0.05, 0.1) is 0 Å². The molecule has 1 heterocycles. The molecule has 0 unspecified atom stereocenters. The number of ether oxygens (including phenoxy) is 1. The van der Waals surface area contributed by atoms with Crippen LogP contribution in [0, 0.1) is 11.3 Å². The number of carbonyl (C=O) groups excluding carboxylic acids is 1. The van der Waals surface area contributed by atoms with Crippen molar-refractivity contribution in [2.75, 3.05) is 13.1 Å². The van der Waals surface area contributed by atoms with E-state index in [1.54, 1.807) is 4.90 Å². The molecule has 0 radical (unpaired) electrons. The van der Waals surface area contributed by atoms with Crippen LogP contribution in [0.1, 0.15) is 54.4 Å². The predicted octanol–water partition coefficient (Wildman–Crippen LogP) is 3.01. The molecule has 2 N–H and O–H groups in total. The largest absolute Gasteiger partial charge is 0.444 e. The van der Waals surface area contributed by atoms with Crippen LogP contribution >= 0.6 is 0 Å². The number of hydrogen-bond acceptors (Lipinski definition) is 3. The Hall–Kier alpha value is -0.770. The van der Waals surface area contributed by atoms with E-state index in [0.717, 1.165) is 25.9 Å². The second kappa shape index (κ2) is 5.70. The molecular weight excluding hydrogens is 240 g/mol. The maximum atomic E-state index is 12.0. The summed E-state index contributed by atoms with van der Waals surface area (Å²) in [6.07, 6.45) is 1.74. The molecule has 1 atom stereocenters. The van der Waals surface area contributed by atoms with Crippen molar-refractivity contribution >= 4 is 6.09 Å². The second-order valence-corrected chi connectivity index (χ2v) is 7.70. The minimum Gasteiger partial charge on any atom is -0.444 e. The van der Waals surface area contributed by atoms with Gasteiger partial charge in [-0.3, -0.25) is 0 Å². The molecule has 4 nitrogen and oxygen atoms in total. The molecule has 0 spiro atoms. The van der Waals surface area contributed by atoms with E-state index in [0.29, 0.717) is 5.92 Å². The molecule has 1 fully saturated rings. The fourth-order valence-electron chi connectivity index (χ4n) is 2.47. The zero-order chi connectivity index (χ0) is 14.8. The van der Waals surface area contributed by atoms with Gasteiger partial charge in [0, 0.05) is 19.1 Å². The van der Waals surface area contributed by atoms with Gasteiger partial charge in [-0.05, 0) is 44.9 Å². The number of hydrogen-bond donors (Lipinski definition) is 1. The molecule has 19 heavy (non-hydrogen) atoms. The first-order chi connectivity index (χ1) is 8.50. The van der Waals surface area contributed by atoms with E-state index in [2.05, 4.69) is 20.8 Å². The van der Waals surface area contributed by atoms with Crippen molar-refractivity contribution in [1.82, 2.24) is 4.90 Å². The third kappa shape index (κ3) is 5.01. The number of likely N-dealkylation sites (tertiary alicyclic amines) is 1. The summed E-state index contributed by atoms with van der Waals surface area (Å²) in [6, 6.07) is 0.188. The van der Waals surface area contributed by atoms with E-state index in [4.69, 9.17) is 10.5 Å². The lowest BCUT2D eigenvalue weighted by atomic mass is 9.76. The topological polar surface area (TPSA) is 55.6 Å². The number of piperidine rings is 1. The summed E-state index contributed by atoms with van der Waals surface area (Å²) in [5.41, 5.74) is 6.02. The van der Waals surface area contributed by atoms with Crippen LogP contribution in [0.2, 0.25) is 0 Å². The zero-order valence-electron chi connectivity index (χ0n) is 13.3. The number of amides is 1. The Kier molecular flexibility index (Phi) is 4.88. The normalized spacial score (nSPS) is 20.3. The molecule has 0 bridgehead atoms. The van der Waals surface area contributed by atoms with Crippen LogP contribution in [0.25, 0.3) is 0 Å². The van der Waals surface area contributed by atoms with Crippen molar-refractivity contribution in [3.63, 3.8) is 0 Å². The molecule has 0 aliphatic carbocycles. The van der Waals surface area contributed by atoms with Crippen molar-refractivity contribution in [3.05, 3.63) is 0 Å². The smallest absolute Gasteiger partial charge is 0.410 e. The van der Waals surface area contributed by atoms with E-state index in [9.17, 15) is 4.79 Å². The first-order valence-corrected chi connectivity index (χ1v) is 7.24. The summed E-state index contributed by atoms with van der Waals surface area (Å²) >= 11 is 0. The van der Waals surface area contributed by atoms with Crippen molar-refractivity contribution in [3.8, 4) is 0 Å². The van der Waals surface area contributed by atoms with E-state index < -0.39 is 5.60 Å². The second-order valence-electron chi connectivity index (χ2n) is 7.70. The Morgan fingerprint density at radius 1 is 1.16 bits per heavy atom. The predicted molar refractivity (Wildman–Crippen MR) is 78.0 cm³/mol. The third-order valence-electron chi connectivity index (χ3n) is 3.70. The van der Waals surface area contributed by atoms with Crippen LogP contribution < -0.4 is 5.73 Å². The molecule has 1 aliphatic heterocycles. The Labute approximate surface area is 117 Å². The Morgan fingerprint density at radius 2 is 1.63 bits per heavy atom. The molecule has 0 aromatic rings. The highest BCUT2D eigenvalue weighted by Gasteiger charge is 2.33. The van der Waals surface area contributed by atoms with Gasteiger partial charge in [0.15, 0.2) is 0 Å². The maximum Gasteiger partial charge on any atom is 0.410 e.